The molecule has 0 radical (unpaired) electrons. The first-order valence-corrected chi connectivity index (χ1v) is 7.92. The summed E-state index contributed by atoms with van der Waals surface area (Å²) >= 11 is 11.9. The molecule has 3 rings (SSSR count). The van der Waals surface area contributed by atoms with E-state index in [0.717, 1.165) is 0 Å². The van der Waals surface area contributed by atoms with Gasteiger partial charge in [-0.15, -0.1) is 0 Å². The minimum atomic E-state index is -0.507. The minimum absolute atomic E-state index is 0.0201. The highest BCUT2D eigenvalue weighted by Gasteiger charge is 2.11. The molecule has 0 saturated heterocycles. The Morgan fingerprint density at radius 2 is 2.00 bits per heavy atom. The summed E-state index contributed by atoms with van der Waals surface area (Å²) in [6, 6.07) is 9.34. The number of H-pyrrole nitrogens is 1. The Bertz CT molecular complexity index is 1020. The van der Waals surface area contributed by atoms with E-state index in [9.17, 15) is 9.59 Å². The SMILES string of the molecule is COC(=O)c1ccc2c(=O)[nH]c(COc3cc(Cl)ccc3Cl)nc2c1. The van der Waals surface area contributed by atoms with Gasteiger partial charge in [0.25, 0.3) is 5.56 Å². The van der Waals surface area contributed by atoms with Crippen molar-refractivity contribution in [2.75, 3.05) is 7.11 Å². The molecule has 0 saturated carbocycles. The highest BCUT2D eigenvalue weighted by Crippen LogP contribution is 2.28. The topological polar surface area (TPSA) is 81.3 Å². The van der Waals surface area contributed by atoms with E-state index in [4.69, 9.17) is 27.9 Å². The molecule has 0 atom stereocenters. The van der Waals surface area contributed by atoms with E-state index in [1.54, 1.807) is 18.2 Å². The molecule has 0 aliphatic rings. The van der Waals surface area contributed by atoms with Gasteiger partial charge in [-0.05, 0) is 30.3 Å². The number of methoxy groups -OCH3 is 1. The van der Waals surface area contributed by atoms with Crippen molar-refractivity contribution in [3.8, 4) is 5.75 Å². The molecule has 6 nitrogen and oxygen atoms in total. The van der Waals surface area contributed by atoms with Crippen LogP contribution < -0.4 is 10.3 Å². The first-order valence-electron chi connectivity index (χ1n) is 7.17. The first kappa shape index (κ1) is 17.3. The Kier molecular flexibility index (Phi) is 4.92. The molecule has 8 heteroatoms. The van der Waals surface area contributed by atoms with Crippen LogP contribution in [0, 0.1) is 0 Å². The molecule has 128 valence electrons. The van der Waals surface area contributed by atoms with Crippen LogP contribution in [0.4, 0.5) is 0 Å². The number of hydrogen-bond donors (Lipinski definition) is 1. The molecule has 0 unspecified atom stereocenters. The summed E-state index contributed by atoms with van der Waals surface area (Å²) in [4.78, 5) is 30.7. The zero-order chi connectivity index (χ0) is 18.0. The van der Waals surface area contributed by atoms with E-state index < -0.39 is 5.97 Å². The van der Waals surface area contributed by atoms with Gasteiger partial charge in [-0.1, -0.05) is 23.2 Å². The number of benzene rings is 2. The number of aromatic nitrogens is 2. The Balaban J connectivity index is 1.92. The average Bonchev–Trinajstić information content (AvgIpc) is 2.61. The van der Waals surface area contributed by atoms with Crippen LogP contribution in [-0.2, 0) is 11.3 Å². The maximum Gasteiger partial charge on any atom is 0.337 e. The Hall–Kier alpha value is -2.57. The Morgan fingerprint density at radius 3 is 2.76 bits per heavy atom. The van der Waals surface area contributed by atoms with Gasteiger partial charge in [-0.25, -0.2) is 9.78 Å². The fourth-order valence-corrected chi connectivity index (χ4v) is 2.57. The number of ether oxygens (including phenoxy) is 2. The molecule has 0 bridgehead atoms. The van der Waals surface area contributed by atoms with E-state index in [0.29, 0.717) is 32.3 Å². The average molecular weight is 379 g/mol. The van der Waals surface area contributed by atoms with Crippen LogP contribution in [0.2, 0.25) is 10.0 Å². The van der Waals surface area contributed by atoms with Crippen molar-refractivity contribution >= 4 is 40.1 Å². The number of halogens is 2. The van der Waals surface area contributed by atoms with Crippen LogP contribution in [0.1, 0.15) is 16.2 Å². The summed E-state index contributed by atoms with van der Waals surface area (Å²) in [5.74, 6) is 0.156. The lowest BCUT2D eigenvalue weighted by Crippen LogP contribution is -2.14. The smallest absolute Gasteiger partial charge is 0.337 e. The predicted molar refractivity (Wildman–Crippen MR) is 94.5 cm³/mol. The van der Waals surface area contributed by atoms with Crippen LogP contribution in [0.15, 0.2) is 41.2 Å². The van der Waals surface area contributed by atoms with E-state index in [1.807, 2.05) is 0 Å². The molecular weight excluding hydrogens is 367 g/mol. The molecule has 0 aliphatic carbocycles. The van der Waals surface area contributed by atoms with Gasteiger partial charge >= 0.3 is 5.97 Å². The molecule has 25 heavy (non-hydrogen) atoms. The van der Waals surface area contributed by atoms with Gasteiger partial charge in [0.2, 0.25) is 0 Å². The summed E-state index contributed by atoms with van der Waals surface area (Å²) in [6.07, 6.45) is 0. The number of hydrogen-bond acceptors (Lipinski definition) is 5. The fraction of sp³-hybridized carbons (Fsp3) is 0.118. The van der Waals surface area contributed by atoms with E-state index in [1.165, 1.54) is 25.3 Å². The van der Waals surface area contributed by atoms with Gasteiger partial charge in [0, 0.05) is 11.1 Å². The van der Waals surface area contributed by atoms with Crippen molar-refractivity contribution in [2.45, 2.75) is 6.61 Å². The first-order chi connectivity index (χ1) is 12.0. The molecule has 3 aromatic rings. The molecule has 1 heterocycles. The third-order valence-corrected chi connectivity index (χ3v) is 3.98. The van der Waals surface area contributed by atoms with Crippen LogP contribution in [0.25, 0.3) is 10.9 Å². The summed E-state index contributed by atoms with van der Waals surface area (Å²) < 4.78 is 10.2. The molecule has 1 aromatic heterocycles. The van der Waals surface area contributed by atoms with Crippen molar-refractivity contribution in [1.82, 2.24) is 9.97 Å². The Morgan fingerprint density at radius 1 is 1.20 bits per heavy atom. The van der Waals surface area contributed by atoms with Crippen molar-refractivity contribution in [1.29, 1.82) is 0 Å². The van der Waals surface area contributed by atoms with Crippen LogP contribution in [0.5, 0.6) is 5.75 Å². The highest BCUT2D eigenvalue weighted by atomic mass is 35.5. The van der Waals surface area contributed by atoms with Gasteiger partial charge in [0.15, 0.2) is 0 Å². The molecular formula is C17H12Cl2N2O4. The quantitative estimate of drug-likeness (QED) is 0.701. The van der Waals surface area contributed by atoms with Crippen molar-refractivity contribution in [2.24, 2.45) is 0 Å². The van der Waals surface area contributed by atoms with E-state index in [2.05, 4.69) is 14.7 Å². The van der Waals surface area contributed by atoms with Crippen LogP contribution in [0.3, 0.4) is 0 Å². The fourth-order valence-electron chi connectivity index (χ4n) is 2.23. The number of nitrogens with zero attached hydrogens (tertiary/aromatic N) is 1. The van der Waals surface area contributed by atoms with Gasteiger partial charge in [-0.3, -0.25) is 4.79 Å². The van der Waals surface area contributed by atoms with Crippen LogP contribution in [-0.4, -0.2) is 23.0 Å². The number of carbonyl (C=O) groups excluding carboxylic acids is 1. The second-order valence-corrected chi connectivity index (χ2v) is 5.94. The van der Waals surface area contributed by atoms with Crippen molar-refractivity contribution in [3.05, 3.63) is 68.2 Å². The van der Waals surface area contributed by atoms with Crippen molar-refractivity contribution in [3.63, 3.8) is 0 Å². The number of aromatic amines is 1. The second-order valence-electron chi connectivity index (χ2n) is 5.10. The zero-order valence-electron chi connectivity index (χ0n) is 13.0. The lowest BCUT2D eigenvalue weighted by molar-refractivity contribution is 0.0601. The number of fused-ring (bicyclic) bond motifs is 1. The van der Waals surface area contributed by atoms with E-state index >= 15 is 0 Å². The zero-order valence-corrected chi connectivity index (χ0v) is 14.5. The predicted octanol–water partition coefficient (Wildman–Crippen LogP) is 3.60. The summed E-state index contributed by atoms with van der Waals surface area (Å²) in [5.41, 5.74) is 0.331. The number of nitrogens with one attached hydrogen (secondary N) is 1. The lowest BCUT2D eigenvalue weighted by atomic mass is 10.1. The standard InChI is InChI=1S/C17H12Cl2N2O4/c1-24-17(23)9-2-4-11-13(6-9)20-15(21-16(11)22)8-25-14-7-10(18)3-5-12(14)19/h2-7H,8H2,1H3,(H,20,21,22). The number of esters is 1. The maximum absolute atomic E-state index is 12.2. The number of carbonyl (C=O) groups is 1. The number of rotatable bonds is 4. The maximum atomic E-state index is 12.2. The van der Waals surface area contributed by atoms with E-state index in [-0.39, 0.29) is 18.0 Å². The molecule has 0 amide bonds. The highest BCUT2D eigenvalue weighted by molar-refractivity contribution is 6.34. The minimum Gasteiger partial charge on any atom is -0.484 e. The summed E-state index contributed by atoms with van der Waals surface area (Å²) in [5, 5.41) is 1.22. The van der Waals surface area contributed by atoms with Gasteiger partial charge in [0.05, 0.1) is 28.6 Å². The molecule has 0 fully saturated rings. The van der Waals surface area contributed by atoms with Gasteiger partial charge in [-0.2, -0.15) is 0 Å². The van der Waals surface area contributed by atoms with Gasteiger partial charge < -0.3 is 14.5 Å². The third-order valence-electron chi connectivity index (χ3n) is 3.43. The monoisotopic (exact) mass is 378 g/mol. The van der Waals surface area contributed by atoms with Crippen molar-refractivity contribution < 1.29 is 14.3 Å². The molecule has 1 N–H and O–H groups in total. The summed E-state index contributed by atoms with van der Waals surface area (Å²) in [7, 11) is 1.28. The third kappa shape index (κ3) is 3.75. The lowest BCUT2D eigenvalue weighted by Gasteiger charge is -2.09. The normalized spacial score (nSPS) is 10.7. The summed E-state index contributed by atoms with van der Waals surface area (Å²) in [6.45, 7) is -0.0201. The molecule has 2 aromatic carbocycles. The van der Waals surface area contributed by atoms with Crippen LogP contribution >= 0.6 is 23.2 Å². The molecule has 0 spiro atoms. The Labute approximate surface area is 152 Å². The second kappa shape index (κ2) is 7.13. The molecule has 0 aliphatic heterocycles. The van der Waals surface area contributed by atoms with Gasteiger partial charge in [0.1, 0.15) is 18.2 Å². The largest absolute Gasteiger partial charge is 0.484 e.